The second-order valence-electron chi connectivity index (χ2n) is 3.90. The summed E-state index contributed by atoms with van der Waals surface area (Å²) in [6, 6.07) is 3.76. The Balaban J connectivity index is 2.75. The topological polar surface area (TPSA) is 51.8 Å². The Kier molecular flexibility index (Phi) is 6.38. The van der Waals surface area contributed by atoms with Crippen LogP contribution in [0, 0.1) is 6.92 Å². The number of rotatable bonds is 6. The van der Waals surface area contributed by atoms with Crippen LogP contribution in [0.1, 0.15) is 5.56 Å². The summed E-state index contributed by atoms with van der Waals surface area (Å²) < 4.78 is 15.4. The Morgan fingerprint density at radius 2 is 1.79 bits per heavy atom. The molecule has 6 heteroatoms. The van der Waals surface area contributed by atoms with E-state index in [-0.39, 0.29) is 0 Å². The second kappa shape index (κ2) is 7.81. The summed E-state index contributed by atoms with van der Waals surface area (Å²) in [4.78, 5) is 0. The molecule has 0 aliphatic heterocycles. The van der Waals surface area contributed by atoms with Crippen molar-refractivity contribution < 1.29 is 14.2 Å². The zero-order valence-corrected chi connectivity index (χ0v) is 12.5. The van der Waals surface area contributed by atoms with Crippen LogP contribution in [0.5, 0.6) is 11.5 Å². The average molecular weight is 284 g/mol. The molecule has 0 saturated heterocycles. The van der Waals surface area contributed by atoms with E-state index in [4.69, 9.17) is 26.4 Å². The van der Waals surface area contributed by atoms with Crippen molar-refractivity contribution in [2.75, 3.05) is 39.8 Å². The largest absolute Gasteiger partial charge is 0.493 e. The smallest absolute Gasteiger partial charge is 0.170 e. The highest BCUT2D eigenvalue weighted by Crippen LogP contribution is 2.32. The average Bonchev–Trinajstić information content (AvgIpc) is 2.40. The fourth-order valence-electron chi connectivity index (χ4n) is 1.55. The Morgan fingerprint density at radius 1 is 1.16 bits per heavy atom. The van der Waals surface area contributed by atoms with E-state index in [2.05, 4.69) is 10.6 Å². The highest BCUT2D eigenvalue weighted by Gasteiger charge is 2.09. The Labute approximate surface area is 119 Å². The normalized spacial score (nSPS) is 9.89. The van der Waals surface area contributed by atoms with Crippen LogP contribution in [0.3, 0.4) is 0 Å². The zero-order valence-electron chi connectivity index (χ0n) is 11.7. The van der Waals surface area contributed by atoms with Gasteiger partial charge in [0.2, 0.25) is 0 Å². The number of aryl methyl sites for hydroxylation is 1. The third-order valence-electron chi connectivity index (χ3n) is 2.57. The molecule has 0 aromatic heterocycles. The van der Waals surface area contributed by atoms with Gasteiger partial charge in [0.1, 0.15) is 0 Å². The maximum atomic E-state index is 5.26. The van der Waals surface area contributed by atoms with Gasteiger partial charge in [-0.15, -0.1) is 0 Å². The van der Waals surface area contributed by atoms with Gasteiger partial charge in [-0.05, 0) is 30.8 Å². The Bertz CT molecular complexity index is 438. The summed E-state index contributed by atoms with van der Waals surface area (Å²) in [7, 11) is 4.87. The van der Waals surface area contributed by atoms with Gasteiger partial charge in [0.05, 0.1) is 20.8 Å². The summed E-state index contributed by atoms with van der Waals surface area (Å²) >= 11 is 5.20. The van der Waals surface area contributed by atoms with Gasteiger partial charge in [-0.25, -0.2) is 0 Å². The molecule has 0 unspecified atom stereocenters. The van der Waals surface area contributed by atoms with Crippen LogP contribution >= 0.6 is 12.2 Å². The minimum atomic E-state index is 0.548. The number of anilines is 1. The Hall–Kier alpha value is -1.53. The molecule has 0 heterocycles. The number of nitrogens with one attached hydrogen (secondary N) is 2. The van der Waals surface area contributed by atoms with Crippen molar-refractivity contribution in [2.24, 2.45) is 0 Å². The molecular weight excluding hydrogens is 264 g/mol. The van der Waals surface area contributed by atoms with E-state index >= 15 is 0 Å². The molecule has 1 aromatic carbocycles. The summed E-state index contributed by atoms with van der Waals surface area (Å²) in [5.41, 5.74) is 1.90. The van der Waals surface area contributed by atoms with E-state index in [0.29, 0.717) is 29.8 Å². The lowest BCUT2D eigenvalue weighted by Gasteiger charge is -2.15. The minimum absolute atomic E-state index is 0.548. The first-order valence-corrected chi connectivity index (χ1v) is 6.29. The van der Waals surface area contributed by atoms with Crippen molar-refractivity contribution in [2.45, 2.75) is 6.92 Å². The zero-order chi connectivity index (χ0) is 14.3. The third kappa shape index (κ3) is 4.57. The first-order valence-electron chi connectivity index (χ1n) is 5.88. The van der Waals surface area contributed by atoms with E-state index in [1.54, 1.807) is 21.3 Å². The fourth-order valence-corrected chi connectivity index (χ4v) is 1.76. The molecule has 0 spiro atoms. The molecule has 19 heavy (non-hydrogen) atoms. The highest BCUT2D eigenvalue weighted by molar-refractivity contribution is 7.80. The molecule has 0 fully saturated rings. The van der Waals surface area contributed by atoms with Crippen LogP contribution in [-0.4, -0.2) is 39.6 Å². The van der Waals surface area contributed by atoms with E-state index in [1.807, 2.05) is 19.1 Å². The first kappa shape index (κ1) is 15.5. The third-order valence-corrected chi connectivity index (χ3v) is 2.82. The number of thiocarbonyl (C=S) groups is 1. The second-order valence-corrected chi connectivity index (χ2v) is 4.30. The molecule has 0 bridgehead atoms. The van der Waals surface area contributed by atoms with Crippen molar-refractivity contribution in [3.63, 3.8) is 0 Å². The van der Waals surface area contributed by atoms with Crippen LogP contribution in [0.4, 0.5) is 5.69 Å². The van der Waals surface area contributed by atoms with Crippen LogP contribution in [0.15, 0.2) is 12.1 Å². The molecule has 0 amide bonds. The maximum absolute atomic E-state index is 5.26. The van der Waals surface area contributed by atoms with Gasteiger partial charge in [0.15, 0.2) is 16.6 Å². The molecule has 2 N–H and O–H groups in total. The maximum Gasteiger partial charge on any atom is 0.170 e. The lowest BCUT2D eigenvalue weighted by Crippen LogP contribution is -2.31. The molecule has 0 aliphatic carbocycles. The van der Waals surface area contributed by atoms with Gasteiger partial charge in [-0.3, -0.25) is 0 Å². The van der Waals surface area contributed by atoms with Crippen LogP contribution in [0.25, 0.3) is 0 Å². The van der Waals surface area contributed by atoms with Crippen molar-refractivity contribution >= 4 is 23.0 Å². The van der Waals surface area contributed by atoms with Crippen LogP contribution < -0.4 is 20.1 Å². The van der Waals surface area contributed by atoms with E-state index in [9.17, 15) is 0 Å². The van der Waals surface area contributed by atoms with Crippen molar-refractivity contribution in [1.82, 2.24) is 5.32 Å². The summed E-state index contributed by atoms with van der Waals surface area (Å²) in [6.07, 6.45) is 0. The molecule has 5 nitrogen and oxygen atoms in total. The SMILES string of the molecule is COCCNC(=S)Nc1cc(OC)c(OC)cc1C. The summed E-state index contributed by atoms with van der Waals surface area (Å²) in [6.45, 7) is 3.24. The highest BCUT2D eigenvalue weighted by atomic mass is 32.1. The standard InChI is InChI=1S/C13H20N2O3S/c1-9-7-11(17-3)12(18-4)8-10(9)15-13(19)14-5-6-16-2/h7-8H,5-6H2,1-4H3,(H2,14,15,19). The van der Waals surface area contributed by atoms with Crippen LogP contribution in [0.2, 0.25) is 0 Å². The van der Waals surface area contributed by atoms with Gasteiger partial charge >= 0.3 is 0 Å². The van der Waals surface area contributed by atoms with Gasteiger partial charge in [0.25, 0.3) is 0 Å². The summed E-state index contributed by atoms with van der Waals surface area (Å²) in [5.74, 6) is 1.36. The minimum Gasteiger partial charge on any atom is -0.493 e. The van der Waals surface area contributed by atoms with Gasteiger partial charge < -0.3 is 24.8 Å². The first-order chi connectivity index (χ1) is 9.12. The molecule has 1 rings (SSSR count). The number of benzene rings is 1. The van der Waals surface area contributed by atoms with Crippen molar-refractivity contribution in [3.05, 3.63) is 17.7 Å². The van der Waals surface area contributed by atoms with E-state index in [0.717, 1.165) is 11.3 Å². The molecule has 0 saturated carbocycles. The molecule has 0 atom stereocenters. The quantitative estimate of drug-likeness (QED) is 0.615. The molecule has 1 aromatic rings. The number of methoxy groups -OCH3 is 3. The number of ether oxygens (including phenoxy) is 3. The van der Waals surface area contributed by atoms with Crippen molar-refractivity contribution in [1.29, 1.82) is 0 Å². The van der Waals surface area contributed by atoms with Gasteiger partial charge in [-0.2, -0.15) is 0 Å². The molecule has 106 valence electrons. The lowest BCUT2D eigenvalue weighted by molar-refractivity contribution is 0.204. The molecule has 0 aliphatic rings. The predicted octanol–water partition coefficient (Wildman–Crippen LogP) is 1.95. The lowest BCUT2D eigenvalue weighted by atomic mass is 10.1. The van der Waals surface area contributed by atoms with Crippen LogP contribution in [-0.2, 0) is 4.74 Å². The van der Waals surface area contributed by atoms with E-state index < -0.39 is 0 Å². The monoisotopic (exact) mass is 284 g/mol. The van der Waals surface area contributed by atoms with Gasteiger partial charge in [0, 0.05) is 25.4 Å². The molecule has 0 radical (unpaired) electrons. The fraction of sp³-hybridized carbons (Fsp3) is 0.462. The van der Waals surface area contributed by atoms with Crippen molar-refractivity contribution in [3.8, 4) is 11.5 Å². The van der Waals surface area contributed by atoms with Gasteiger partial charge in [-0.1, -0.05) is 0 Å². The Morgan fingerprint density at radius 3 is 2.37 bits per heavy atom. The predicted molar refractivity (Wildman–Crippen MR) is 80.4 cm³/mol. The van der Waals surface area contributed by atoms with E-state index in [1.165, 1.54) is 0 Å². The number of hydrogen-bond donors (Lipinski definition) is 2. The summed E-state index contributed by atoms with van der Waals surface area (Å²) in [5, 5.41) is 6.72. The molecular formula is C13H20N2O3S. The number of hydrogen-bond acceptors (Lipinski definition) is 4.